The molecule has 0 bridgehead atoms. The molecule has 1 N–H and O–H groups in total. The number of carbonyl (C=O) groups excluding carboxylic acids is 1. The average Bonchev–Trinajstić information content (AvgIpc) is 2.24. The summed E-state index contributed by atoms with van der Waals surface area (Å²) in [6.07, 6.45) is 0.969. The minimum atomic E-state index is -2.95. The topological polar surface area (TPSA) is 66.5 Å². The van der Waals surface area contributed by atoms with E-state index in [0.29, 0.717) is 19.1 Å². The van der Waals surface area contributed by atoms with Gasteiger partial charge in [0, 0.05) is 18.6 Å². The van der Waals surface area contributed by atoms with Crippen molar-refractivity contribution in [1.29, 1.82) is 0 Å². The largest absolute Gasteiger partial charge is 0.337 e. The third-order valence-corrected chi connectivity index (χ3v) is 5.00. The van der Waals surface area contributed by atoms with E-state index in [1.54, 1.807) is 11.8 Å². The standard InChI is InChI=1S/C11H22N2O3S/c1-4-9(2)12-7-11(14)13-5-6-17(15,16)8-10(13)3/h9-10,12H,4-8H2,1-3H3. The Labute approximate surface area is 103 Å². The van der Waals surface area contributed by atoms with Gasteiger partial charge in [-0.05, 0) is 20.3 Å². The zero-order chi connectivity index (χ0) is 13.1. The Morgan fingerprint density at radius 2 is 2.18 bits per heavy atom. The van der Waals surface area contributed by atoms with Gasteiger partial charge < -0.3 is 10.2 Å². The maximum atomic E-state index is 11.9. The van der Waals surface area contributed by atoms with Gasteiger partial charge in [0.05, 0.1) is 18.1 Å². The molecule has 0 aromatic rings. The molecule has 17 heavy (non-hydrogen) atoms. The van der Waals surface area contributed by atoms with E-state index < -0.39 is 9.84 Å². The SMILES string of the molecule is CCC(C)NCC(=O)N1CCS(=O)(=O)CC1C. The molecular weight excluding hydrogens is 240 g/mol. The molecule has 5 nitrogen and oxygen atoms in total. The molecule has 1 heterocycles. The summed E-state index contributed by atoms with van der Waals surface area (Å²) in [5, 5.41) is 3.13. The van der Waals surface area contributed by atoms with Gasteiger partial charge in [0.25, 0.3) is 0 Å². The highest BCUT2D eigenvalue weighted by Crippen LogP contribution is 2.11. The highest BCUT2D eigenvalue weighted by atomic mass is 32.2. The molecule has 0 aliphatic carbocycles. The Bertz CT molecular complexity index is 367. The van der Waals surface area contributed by atoms with Gasteiger partial charge >= 0.3 is 0 Å². The highest BCUT2D eigenvalue weighted by Gasteiger charge is 2.30. The Hall–Kier alpha value is -0.620. The molecule has 6 heteroatoms. The van der Waals surface area contributed by atoms with Gasteiger partial charge in [-0.25, -0.2) is 8.42 Å². The van der Waals surface area contributed by atoms with Crippen LogP contribution in [0.5, 0.6) is 0 Å². The minimum Gasteiger partial charge on any atom is -0.337 e. The van der Waals surface area contributed by atoms with Crippen LogP contribution in [-0.4, -0.2) is 55.9 Å². The number of sulfone groups is 1. The quantitative estimate of drug-likeness (QED) is 0.775. The predicted octanol–water partition coefficient (Wildman–Crippen LogP) is 0.0200. The van der Waals surface area contributed by atoms with Crippen LogP contribution in [0.4, 0.5) is 0 Å². The molecule has 1 amide bonds. The summed E-state index contributed by atoms with van der Waals surface area (Å²) < 4.78 is 22.8. The summed E-state index contributed by atoms with van der Waals surface area (Å²) >= 11 is 0. The van der Waals surface area contributed by atoms with Crippen LogP contribution in [0.15, 0.2) is 0 Å². The third kappa shape index (κ3) is 4.27. The summed E-state index contributed by atoms with van der Waals surface area (Å²) in [4.78, 5) is 13.6. The van der Waals surface area contributed by atoms with Crippen molar-refractivity contribution in [3.8, 4) is 0 Å². The molecule has 1 aliphatic heterocycles. The van der Waals surface area contributed by atoms with E-state index in [4.69, 9.17) is 0 Å². The molecule has 0 radical (unpaired) electrons. The summed E-state index contributed by atoms with van der Waals surface area (Å²) in [6.45, 7) is 6.48. The van der Waals surface area contributed by atoms with Gasteiger partial charge in [-0.3, -0.25) is 4.79 Å². The van der Waals surface area contributed by atoms with E-state index in [9.17, 15) is 13.2 Å². The van der Waals surface area contributed by atoms with Crippen LogP contribution in [0.25, 0.3) is 0 Å². The number of hydrogen-bond donors (Lipinski definition) is 1. The molecule has 0 aromatic heterocycles. The van der Waals surface area contributed by atoms with E-state index in [2.05, 4.69) is 12.2 Å². The van der Waals surface area contributed by atoms with Crippen molar-refractivity contribution in [3.63, 3.8) is 0 Å². The first-order valence-electron chi connectivity index (χ1n) is 6.09. The normalized spacial score (nSPS) is 25.6. The molecule has 2 unspecified atom stereocenters. The monoisotopic (exact) mass is 262 g/mol. The third-order valence-electron chi connectivity index (χ3n) is 3.20. The zero-order valence-corrected chi connectivity index (χ0v) is 11.6. The minimum absolute atomic E-state index is 0.00676. The Morgan fingerprint density at radius 1 is 1.53 bits per heavy atom. The van der Waals surface area contributed by atoms with E-state index in [-0.39, 0.29) is 23.5 Å². The summed E-state index contributed by atoms with van der Waals surface area (Å²) in [5.74, 6) is 0.168. The van der Waals surface area contributed by atoms with E-state index in [0.717, 1.165) is 6.42 Å². The summed E-state index contributed by atoms with van der Waals surface area (Å²) in [5.41, 5.74) is 0. The zero-order valence-electron chi connectivity index (χ0n) is 10.8. The number of hydrogen-bond acceptors (Lipinski definition) is 4. The summed E-state index contributed by atoms with van der Waals surface area (Å²) in [7, 11) is -2.95. The van der Waals surface area contributed by atoms with E-state index in [1.165, 1.54) is 0 Å². The lowest BCUT2D eigenvalue weighted by atomic mass is 10.2. The molecule has 1 aliphatic rings. The van der Waals surface area contributed by atoms with Crippen molar-refractivity contribution in [3.05, 3.63) is 0 Å². The fraction of sp³-hybridized carbons (Fsp3) is 0.909. The van der Waals surface area contributed by atoms with Crippen molar-refractivity contribution < 1.29 is 13.2 Å². The summed E-state index contributed by atoms with van der Waals surface area (Å²) in [6, 6.07) is 0.0998. The number of amides is 1. The predicted molar refractivity (Wildman–Crippen MR) is 67.6 cm³/mol. The number of nitrogens with one attached hydrogen (secondary N) is 1. The van der Waals surface area contributed by atoms with Crippen molar-refractivity contribution >= 4 is 15.7 Å². The van der Waals surface area contributed by atoms with Crippen molar-refractivity contribution in [2.24, 2.45) is 0 Å². The highest BCUT2D eigenvalue weighted by molar-refractivity contribution is 7.91. The van der Waals surface area contributed by atoms with Crippen LogP contribution in [0, 0.1) is 0 Å². The smallest absolute Gasteiger partial charge is 0.236 e. The molecule has 0 spiro atoms. The molecule has 1 rings (SSSR count). The first kappa shape index (κ1) is 14.4. The average molecular weight is 262 g/mol. The lowest BCUT2D eigenvalue weighted by Gasteiger charge is -2.33. The van der Waals surface area contributed by atoms with Gasteiger partial charge in [0.15, 0.2) is 9.84 Å². The Balaban J connectivity index is 2.48. The molecule has 0 saturated carbocycles. The first-order chi connectivity index (χ1) is 7.85. The van der Waals surface area contributed by atoms with Gasteiger partial charge in [-0.15, -0.1) is 0 Å². The van der Waals surface area contributed by atoms with Gasteiger partial charge in [-0.2, -0.15) is 0 Å². The lowest BCUT2D eigenvalue weighted by Crippen LogP contribution is -2.52. The van der Waals surface area contributed by atoms with Crippen molar-refractivity contribution in [1.82, 2.24) is 10.2 Å². The molecular formula is C11H22N2O3S. The van der Waals surface area contributed by atoms with Crippen LogP contribution in [0.2, 0.25) is 0 Å². The number of nitrogens with zero attached hydrogens (tertiary/aromatic N) is 1. The molecule has 0 aromatic carbocycles. The number of carbonyl (C=O) groups is 1. The van der Waals surface area contributed by atoms with Gasteiger partial charge in [-0.1, -0.05) is 6.92 Å². The molecule has 100 valence electrons. The second-order valence-electron chi connectivity index (χ2n) is 4.74. The van der Waals surface area contributed by atoms with Crippen LogP contribution in [0.1, 0.15) is 27.2 Å². The van der Waals surface area contributed by atoms with E-state index >= 15 is 0 Å². The molecule has 1 fully saturated rings. The molecule has 2 atom stereocenters. The Morgan fingerprint density at radius 3 is 2.71 bits per heavy atom. The van der Waals surface area contributed by atoms with Crippen LogP contribution >= 0.6 is 0 Å². The van der Waals surface area contributed by atoms with Gasteiger partial charge in [0.2, 0.25) is 5.91 Å². The fourth-order valence-electron chi connectivity index (χ4n) is 1.88. The van der Waals surface area contributed by atoms with Gasteiger partial charge in [0.1, 0.15) is 0 Å². The van der Waals surface area contributed by atoms with Crippen molar-refractivity contribution in [2.75, 3.05) is 24.6 Å². The Kier molecular flexibility index (Phi) is 4.94. The molecule has 1 saturated heterocycles. The maximum Gasteiger partial charge on any atom is 0.236 e. The van der Waals surface area contributed by atoms with E-state index in [1.807, 2.05) is 6.92 Å². The van der Waals surface area contributed by atoms with Crippen LogP contribution in [-0.2, 0) is 14.6 Å². The lowest BCUT2D eigenvalue weighted by molar-refractivity contribution is -0.131. The fourth-order valence-corrected chi connectivity index (χ4v) is 3.43. The second kappa shape index (κ2) is 5.82. The second-order valence-corrected chi connectivity index (χ2v) is 6.97. The number of rotatable bonds is 4. The maximum absolute atomic E-state index is 11.9. The van der Waals surface area contributed by atoms with Crippen molar-refractivity contribution in [2.45, 2.75) is 39.3 Å². The van der Waals surface area contributed by atoms with Crippen LogP contribution < -0.4 is 5.32 Å². The first-order valence-corrected chi connectivity index (χ1v) is 7.91. The van der Waals surface area contributed by atoms with Crippen LogP contribution in [0.3, 0.4) is 0 Å².